The second kappa shape index (κ2) is 8.22. The Morgan fingerprint density at radius 3 is 2.81 bits per heavy atom. The molecule has 0 aliphatic carbocycles. The van der Waals surface area contributed by atoms with Crippen molar-refractivity contribution in [3.63, 3.8) is 0 Å². The van der Waals surface area contributed by atoms with Gasteiger partial charge in [-0.15, -0.1) is 0 Å². The Bertz CT molecular complexity index is 432. The molecule has 21 heavy (non-hydrogen) atoms. The summed E-state index contributed by atoms with van der Waals surface area (Å²) in [6.07, 6.45) is 1.16. The first-order chi connectivity index (χ1) is 10.3. The van der Waals surface area contributed by atoms with Gasteiger partial charge in [0.15, 0.2) is 0 Å². The minimum absolute atomic E-state index is 0.0700. The molecule has 0 saturated carbocycles. The number of benzene rings is 1. The number of methoxy groups -OCH3 is 2. The van der Waals surface area contributed by atoms with Crippen LogP contribution in [0.2, 0.25) is 0 Å². The molecule has 1 saturated heterocycles. The van der Waals surface area contributed by atoms with Crippen LogP contribution < -0.4 is 14.8 Å². The average molecular weight is 295 g/mol. The molecule has 5 heteroatoms. The molecule has 118 valence electrons. The minimum Gasteiger partial charge on any atom is -0.497 e. The molecule has 1 heterocycles. The van der Waals surface area contributed by atoms with Crippen LogP contribution in [-0.4, -0.2) is 46.7 Å². The Morgan fingerprint density at radius 1 is 1.33 bits per heavy atom. The predicted molar refractivity (Wildman–Crippen MR) is 81.1 cm³/mol. The molecule has 0 spiro atoms. The number of rotatable bonds is 8. The zero-order chi connectivity index (χ0) is 15.1. The number of hydrogen-bond acceptors (Lipinski definition) is 5. The van der Waals surface area contributed by atoms with Gasteiger partial charge in [-0.1, -0.05) is 6.92 Å². The normalized spacial score (nSPS) is 19.5. The summed E-state index contributed by atoms with van der Waals surface area (Å²) in [6.45, 7) is 5.01. The molecule has 0 aromatic heterocycles. The second-order valence-electron chi connectivity index (χ2n) is 5.04. The molecule has 2 atom stereocenters. The smallest absolute Gasteiger partial charge is 0.123 e. The molecule has 5 nitrogen and oxygen atoms in total. The van der Waals surface area contributed by atoms with E-state index in [-0.39, 0.29) is 12.1 Å². The van der Waals surface area contributed by atoms with E-state index in [2.05, 4.69) is 12.2 Å². The van der Waals surface area contributed by atoms with Gasteiger partial charge in [-0.25, -0.2) is 0 Å². The van der Waals surface area contributed by atoms with Gasteiger partial charge in [-0.2, -0.15) is 0 Å². The molecule has 2 rings (SSSR count). The van der Waals surface area contributed by atoms with E-state index in [1.165, 1.54) is 0 Å². The fourth-order valence-corrected chi connectivity index (χ4v) is 2.49. The Balaban J connectivity index is 2.11. The van der Waals surface area contributed by atoms with Crippen molar-refractivity contribution in [2.75, 3.05) is 40.6 Å². The van der Waals surface area contributed by atoms with E-state index in [1.54, 1.807) is 14.2 Å². The monoisotopic (exact) mass is 295 g/mol. The van der Waals surface area contributed by atoms with Crippen LogP contribution in [0.1, 0.15) is 24.9 Å². The first-order valence-corrected chi connectivity index (χ1v) is 7.43. The molecule has 1 aromatic rings. The molecule has 1 N–H and O–H groups in total. The molecule has 2 unspecified atom stereocenters. The Hall–Kier alpha value is -1.30. The van der Waals surface area contributed by atoms with Crippen molar-refractivity contribution in [3.05, 3.63) is 23.8 Å². The highest BCUT2D eigenvalue weighted by molar-refractivity contribution is 5.42. The summed E-state index contributed by atoms with van der Waals surface area (Å²) in [6, 6.07) is 5.90. The minimum atomic E-state index is 0.0700. The van der Waals surface area contributed by atoms with E-state index in [0.717, 1.165) is 36.6 Å². The van der Waals surface area contributed by atoms with E-state index in [9.17, 15) is 0 Å². The van der Waals surface area contributed by atoms with Gasteiger partial charge in [-0.05, 0) is 31.2 Å². The van der Waals surface area contributed by atoms with Crippen molar-refractivity contribution in [1.29, 1.82) is 0 Å². The molecular weight excluding hydrogens is 270 g/mol. The quantitative estimate of drug-likeness (QED) is 0.796. The van der Waals surface area contributed by atoms with Crippen LogP contribution in [0.4, 0.5) is 0 Å². The van der Waals surface area contributed by atoms with Gasteiger partial charge in [0, 0.05) is 12.2 Å². The molecule has 0 amide bonds. The predicted octanol–water partition coefficient (Wildman–Crippen LogP) is 2.16. The van der Waals surface area contributed by atoms with Crippen LogP contribution in [0.3, 0.4) is 0 Å². The lowest BCUT2D eigenvalue weighted by atomic mass is 10.1. The van der Waals surface area contributed by atoms with Crippen molar-refractivity contribution < 1.29 is 18.9 Å². The summed E-state index contributed by atoms with van der Waals surface area (Å²) >= 11 is 0. The summed E-state index contributed by atoms with van der Waals surface area (Å²) in [5, 5.41) is 3.45. The third-order valence-corrected chi connectivity index (χ3v) is 3.65. The molecule has 0 radical (unpaired) electrons. The molecule has 1 aliphatic heterocycles. The van der Waals surface area contributed by atoms with Crippen LogP contribution in [0.15, 0.2) is 18.2 Å². The Morgan fingerprint density at radius 2 is 2.19 bits per heavy atom. The van der Waals surface area contributed by atoms with E-state index < -0.39 is 0 Å². The zero-order valence-corrected chi connectivity index (χ0v) is 13.1. The van der Waals surface area contributed by atoms with Gasteiger partial charge >= 0.3 is 0 Å². The number of ether oxygens (including phenoxy) is 4. The van der Waals surface area contributed by atoms with E-state index >= 15 is 0 Å². The maximum Gasteiger partial charge on any atom is 0.123 e. The second-order valence-corrected chi connectivity index (χ2v) is 5.04. The van der Waals surface area contributed by atoms with Crippen molar-refractivity contribution >= 4 is 0 Å². The molecular formula is C16H25NO4. The van der Waals surface area contributed by atoms with Crippen molar-refractivity contribution in [1.82, 2.24) is 5.32 Å². The summed E-state index contributed by atoms with van der Waals surface area (Å²) in [5.74, 6) is 1.66. The Labute approximate surface area is 126 Å². The first kappa shape index (κ1) is 16.1. The summed E-state index contributed by atoms with van der Waals surface area (Å²) in [7, 11) is 3.35. The maximum absolute atomic E-state index is 5.96. The molecule has 1 fully saturated rings. The maximum atomic E-state index is 5.96. The summed E-state index contributed by atoms with van der Waals surface area (Å²) in [4.78, 5) is 0. The van der Waals surface area contributed by atoms with Crippen LogP contribution in [0.25, 0.3) is 0 Å². The highest BCUT2D eigenvalue weighted by Gasteiger charge is 2.21. The highest BCUT2D eigenvalue weighted by Crippen LogP contribution is 2.30. The van der Waals surface area contributed by atoms with E-state index in [0.29, 0.717) is 13.2 Å². The number of hydrogen-bond donors (Lipinski definition) is 1. The van der Waals surface area contributed by atoms with Gasteiger partial charge in [-0.3, -0.25) is 0 Å². The lowest BCUT2D eigenvalue weighted by molar-refractivity contribution is 0.0296. The van der Waals surface area contributed by atoms with Crippen molar-refractivity contribution in [3.8, 4) is 11.5 Å². The topological polar surface area (TPSA) is 49.0 Å². The third kappa shape index (κ3) is 4.33. The Kier molecular flexibility index (Phi) is 6.29. The van der Waals surface area contributed by atoms with Gasteiger partial charge in [0.2, 0.25) is 0 Å². The van der Waals surface area contributed by atoms with Gasteiger partial charge in [0.1, 0.15) is 11.5 Å². The SMILES string of the molecule is CCNC(COC1CCOC1)c1cc(OC)ccc1OC. The van der Waals surface area contributed by atoms with Crippen LogP contribution in [-0.2, 0) is 9.47 Å². The standard InChI is InChI=1S/C16H25NO4/c1-4-17-15(11-21-13-7-8-20-10-13)14-9-12(18-2)5-6-16(14)19-3/h5-6,9,13,15,17H,4,7-8,10-11H2,1-3H3. The van der Waals surface area contributed by atoms with Crippen molar-refractivity contribution in [2.45, 2.75) is 25.5 Å². The number of likely N-dealkylation sites (N-methyl/N-ethyl adjacent to an activating group) is 1. The highest BCUT2D eigenvalue weighted by atomic mass is 16.5. The fourth-order valence-electron chi connectivity index (χ4n) is 2.49. The lowest BCUT2D eigenvalue weighted by Crippen LogP contribution is -2.28. The molecule has 1 aromatic carbocycles. The molecule has 0 bridgehead atoms. The van der Waals surface area contributed by atoms with Gasteiger partial charge in [0.25, 0.3) is 0 Å². The van der Waals surface area contributed by atoms with Crippen LogP contribution in [0.5, 0.6) is 11.5 Å². The largest absolute Gasteiger partial charge is 0.497 e. The summed E-state index contributed by atoms with van der Waals surface area (Å²) < 4.78 is 22.1. The summed E-state index contributed by atoms with van der Waals surface area (Å²) in [5.41, 5.74) is 1.05. The number of nitrogens with one attached hydrogen (secondary N) is 1. The average Bonchev–Trinajstić information content (AvgIpc) is 3.04. The van der Waals surface area contributed by atoms with Crippen molar-refractivity contribution in [2.24, 2.45) is 0 Å². The van der Waals surface area contributed by atoms with Crippen LogP contribution in [0, 0.1) is 0 Å². The third-order valence-electron chi connectivity index (χ3n) is 3.65. The molecule has 1 aliphatic rings. The zero-order valence-electron chi connectivity index (χ0n) is 13.1. The fraction of sp³-hybridized carbons (Fsp3) is 0.625. The van der Waals surface area contributed by atoms with E-state index in [4.69, 9.17) is 18.9 Å². The van der Waals surface area contributed by atoms with Gasteiger partial charge < -0.3 is 24.3 Å². The van der Waals surface area contributed by atoms with E-state index in [1.807, 2.05) is 18.2 Å². The van der Waals surface area contributed by atoms with Gasteiger partial charge in [0.05, 0.1) is 39.6 Å². The van der Waals surface area contributed by atoms with Crippen LogP contribution >= 0.6 is 0 Å². The first-order valence-electron chi connectivity index (χ1n) is 7.43. The lowest BCUT2D eigenvalue weighted by Gasteiger charge is -2.23.